The summed E-state index contributed by atoms with van der Waals surface area (Å²) in [5.74, 6) is 2.09. The molecule has 0 saturated heterocycles. The fourth-order valence-corrected chi connectivity index (χ4v) is 2.37. The van der Waals surface area contributed by atoms with E-state index < -0.39 is 0 Å². The van der Waals surface area contributed by atoms with Crippen molar-refractivity contribution in [2.75, 3.05) is 13.7 Å². The molecule has 0 unspecified atom stereocenters. The molecule has 0 spiro atoms. The number of amides is 1. The molecule has 1 N–H and O–H groups in total. The minimum absolute atomic E-state index is 0.235. The van der Waals surface area contributed by atoms with Gasteiger partial charge in [-0.15, -0.1) is 0 Å². The number of hydrogen-bond acceptors (Lipinski definition) is 5. The highest BCUT2D eigenvalue weighted by Gasteiger charge is 2.11. The molecule has 26 heavy (non-hydrogen) atoms. The molecule has 2 aromatic heterocycles. The number of carbonyl (C=O) groups is 1. The van der Waals surface area contributed by atoms with Crippen LogP contribution in [0.2, 0.25) is 0 Å². The smallest absolute Gasteiger partial charge is 0.286 e. The number of carbonyl (C=O) groups excluding carboxylic acids is 1. The molecule has 0 aliphatic carbocycles. The Morgan fingerprint density at radius 2 is 2.00 bits per heavy atom. The number of hydrogen-bond donors (Lipinski definition) is 1. The average Bonchev–Trinajstić information content (AvgIpc) is 3.36. The number of benzene rings is 1. The maximum absolute atomic E-state index is 12.1. The molecule has 7 heteroatoms. The number of methoxy groups -OCH3 is 1. The summed E-state index contributed by atoms with van der Waals surface area (Å²) in [5.41, 5.74) is 0. The summed E-state index contributed by atoms with van der Waals surface area (Å²) in [4.78, 5) is 12.1. The number of rotatable bonds is 9. The van der Waals surface area contributed by atoms with Gasteiger partial charge in [0.2, 0.25) is 0 Å². The van der Waals surface area contributed by atoms with Gasteiger partial charge in [0.25, 0.3) is 5.91 Å². The molecule has 0 saturated carbocycles. The Morgan fingerprint density at radius 3 is 2.73 bits per heavy atom. The van der Waals surface area contributed by atoms with E-state index >= 15 is 0 Å². The van der Waals surface area contributed by atoms with Gasteiger partial charge in [0.1, 0.15) is 23.9 Å². The van der Waals surface area contributed by atoms with E-state index in [1.807, 2.05) is 41.2 Å². The molecule has 0 aliphatic heterocycles. The number of aryl methyl sites for hydroxylation is 1. The zero-order chi connectivity index (χ0) is 18.2. The molecule has 1 aromatic carbocycles. The number of nitrogens with one attached hydrogen (secondary N) is 1. The Hall–Kier alpha value is -3.22. The molecular weight excluding hydrogens is 334 g/mol. The third-order valence-corrected chi connectivity index (χ3v) is 3.73. The first-order chi connectivity index (χ1) is 12.7. The summed E-state index contributed by atoms with van der Waals surface area (Å²) in [5, 5.41) is 6.95. The Morgan fingerprint density at radius 1 is 1.19 bits per heavy atom. The molecule has 7 nitrogen and oxygen atoms in total. The Kier molecular flexibility index (Phi) is 5.92. The van der Waals surface area contributed by atoms with Gasteiger partial charge in [0.05, 0.1) is 7.11 Å². The number of aromatic nitrogens is 2. The van der Waals surface area contributed by atoms with Crippen molar-refractivity contribution in [1.82, 2.24) is 15.1 Å². The van der Waals surface area contributed by atoms with E-state index in [9.17, 15) is 4.79 Å². The lowest BCUT2D eigenvalue weighted by atomic mass is 10.3. The van der Waals surface area contributed by atoms with Crippen molar-refractivity contribution in [3.63, 3.8) is 0 Å². The van der Waals surface area contributed by atoms with E-state index in [0.29, 0.717) is 18.1 Å². The third-order valence-electron chi connectivity index (χ3n) is 3.73. The van der Waals surface area contributed by atoms with Gasteiger partial charge in [0.15, 0.2) is 5.76 Å². The van der Waals surface area contributed by atoms with E-state index in [-0.39, 0.29) is 18.3 Å². The van der Waals surface area contributed by atoms with Crippen molar-refractivity contribution in [2.45, 2.75) is 19.6 Å². The van der Waals surface area contributed by atoms with Gasteiger partial charge < -0.3 is 19.2 Å². The second-order valence-corrected chi connectivity index (χ2v) is 5.61. The largest absolute Gasteiger partial charge is 0.497 e. The molecule has 0 fully saturated rings. The van der Waals surface area contributed by atoms with Crippen molar-refractivity contribution < 1.29 is 18.7 Å². The van der Waals surface area contributed by atoms with Crippen LogP contribution in [0, 0.1) is 0 Å². The summed E-state index contributed by atoms with van der Waals surface area (Å²) in [6, 6.07) is 12.5. The van der Waals surface area contributed by atoms with Crippen LogP contribution < -0.4 is 14.8 Å². The highest BCUT2D eigenvalue weighted by molar-refractivity contribution is 5.91. The second kappa shape index (κ2) is 8.75. The van der Waals surface area contributed by atoms with E-state index in [1.54, 1.807) is 25.4 Å². The van der Waals surface area contributed by atoms with E-state index in [2.05, 4.69) is 10.4 Å². The zero-order valence-electron chi connectivity index (χ0n) is 14.6. The fourth-order valence-electron chi connectivity index (χ4n) is 2.37. The van der Waals surface area contributed by atoms with E-state index in [4.69, 9.17) is 13.9 Å². The predicted octanol–water partition coefficient (Wildman–Crippen LogP) is 2.88. The minimum atomic E-state index is -0.235. The summed E-state index contributed by atoms with van der Waals surface area (Å²) in [6.07, 6.45) is 4.42. The van der Waals surface area contributed by atoms with Crippen molar-refractivity contribution in [3.8, 4) is 11.5 Å². The molecule has 3 rings (SSSR count). The van der Waals surface area contributed by atoms with Crippen LogP contribution in [0.1, 0.15) is 22.7 Å². The summed E-state index contributed by atoms with van der Waals surface area (Å²) < 4.78 is 18.1. The van der Waals surface area contributed by atoms with Gasteiger partial charge in [-0.2, -0.15) is 5.10 Å². The maximum Gasteiger partial charge on any atom is 0.286 e. The summed E-state index contributed by atoms with van der Waals surface area (Å²) in [6.45, 7) is 1.56. The molecule has 136 valence electrons. The van der Waals surface area contributed by atoms with Gasteiger partial charge >= 0.3 is 0 Å². The molecule has 0 radical (unpaired) electrons. The molecule has 0 bridgehead atoms. The number of ether oxygens (including phenoxy) is 2. The van der Waals surface area contributed by atoms with Crippen molar-refractivity contribution in [3.05, 3.63) is 66.4 Å². The van der Waals surface area contributed by atoms with Crippen molar-refractivity contribution in [1.29, 1.82) is 0 Å². The van der Waals surface area contributed by atoms with Gasteiger partial charge in [0, 0.05) is 25.5 Å². The topological polar surface area (TPSA) is 78.5 Å². The van der Waals surface area contributed by atoms with Gasteiger partial charge in [-0.1, -0.05) is 0 Å². The quantitative estimate of drug-likeness (QED) is 0.597. The monoisotopic (exact) mass is 355 g/mol. The lowest BCUT2D eigenvalue weighted by Gasteiger charge is -2.05. The standard InChI is InChI=1S/C19H21N3O4/c1-24-15-4-6-16(7-5-15)25-14-17-8-9-18(26-17)19(23)20-10-2-12-22-13-3-11-21-22/h3-9,11,13H,2,10,12,14H2,1H3,(H,20,23). The first kappa shape index (κ1) is 17.6. The summed E-state index contributed by atoms with van der Waals surface area (Å²) >= 11 is 0. The Balaban J connectivity index is 1.42. The molecule has 0 aliphatic rings. The lowest BCUT2D eigenvalue weighted by Crippen LogP contribution is -2.24. The first-order valence-corrected chi connectivity index (χ1v) is 8.36. The summed E-state index contributed by atoms with van der Waals surface area (Å²) in [7, 11) is 1.61. The lowest BCUT2D eigenvalue weighted by molar-refractivity contribution is 0.0921. The highest BCUT2D eigenvalue weighted by atomic mass is 16.5. The molecular formula is C19H21N3O4. The SMILES string of the molecule is COc1ccc(OCc2ccc(C(=O)NCCCn3cccn3)o2)cc1. The van der Waals surface area contributed by atoms with Gasteiger partial charge in [-0.25, -0.2) is 0 Å². The predicted molar refractivity (Wildman–Crippen MR) is 95.2 cm³/mol. The zero-order valence-corrected chi connectivity index (χ0v) is 14.6. The average molecular weight is 355 g/mol. The third kappa shape index (κ3) is 4.89. The molecule has 2 heterocycles. The van der Waals surface area contributed by atoms with Crippen LogP contribution in [0.3, 0.4) is 0 Å². The first-order valence-electron chi connectivity index (χ1n) is 8.36. The maximum atomic E-state index is 12.1. The van der Waals surface area contributed by atoms with Crippen LogP contribution >= 0.6 is 0 Å². The van der Waals surface area contributed by atoms with Crippen LogP contribution in [-0.2, 0) is 13.2 Å². The molecule has 3 aromatic rings. The minimum Gasteiger partial charge on any atom is -0.497 e. The van der Waals surface area contributed by atoms with Crippen LogP contribution in [0.25, 0.3) is 0 Å². The van der Waals surface area contributed by atoms with Gasteiger partial charge in [-0.3, -0.25) is 9.48 Å². The van der Waals surface area contributed by atoms with Gasteiger partial charge in [-0.05, 0) is 48.9 Å². The molecule has 0 atom stereocenters. The van der Waals surface area contributed by atoms with Crippen LogP contribution in [0.5, 0.6) is 11.5 Å². The van der Waals surface area contributed by atoms with E-state index in [1.165, 1.54) is 0 Å². The normalized spacial score (nSPS) is 10.5. The van der Waals surface area contributed by atoms with Crippen LogP contribution in [-0.4, -0.2) is 29.3 Å². The van der Waals surface area contributed by atoms with E-state index in [0.717, 1.165) is 18.7 Å². The number of furan rings is 1. The number of nitrogens with zero attached hydrogens (tertiary/aromatic N) is 2. The fraction of sp³-hybridized carbons (Fsp3) is 0.263. The Bertz CT molecular complexity index is 810. The Labute approximate surface area is 151 Å². The highest BCUT2D eigenvalue weighted by Crippen LogP contribution is 2.18. The molecule has 1 amide bonds. The van der Waals surface area contributed by atoms with Crippen LogP contribution in [0.4, 0.5) is 0 Å². The van der Waals surface area contributed by atoms with Crippen LogP contribution in [0.15, 0.2) is 59.3 Å². The van der Waals surface area contributed by atoms with Crippen molar-refractivity contribution >= 4 is 5.91 Å². The van der Waals surface area contributed by atoms with Crippen molar-refractivity contribution in [2.24, 2.45) is 0 Å². The second-order valence-electron chi connectivity index (χ2n) is 5.61.